The van der Waals surface area contributed by atoms with Gasteiger partial charge in [-0.3, -0.25) is 0 Å². The first-order chi connectivity index (χ1) is 10.2. The second-order valence-corrected chi connectivity index (χ2v) is 6.84. The van der Waals surface area contributed by atoms with Crippen LogP contribution in [0.2, 0.25) is 0 Å². The lowest BCUT2D eigenvalue weighted by molar-refractivity contribution is 0.0237. The molecule has 1 aromatic carbocycles. The number of ether oxygens (including phenoxy) is 1. The van der Waals surface area contributed by atoms with Crippen LogP contribution in [0.3, 0.4) is 0 Å². The number of carboxylic acids is 1. The first-order valence-corrected chi connectivity index (χ1v) is 7.50. The van der Waals surface area contributed by atoms with E-state index in [2.05, 4.69) is 0 Å². The number of carboxylic acid groups (broad SMARTS) is 1. The molecule has 1 N–H and O–H groups in total. The number of benzene rings is 1. The summed E-state index contributed by atoms with van der Waals surface area (Å²) in [5, 5.41) is 8.94. The zero-order chi connectivity index (χ0) is 16.5. The largest absolute Gasteiger partial charge is 0.478 e. The summed E-state index contributed by atoms with van der Waals surface area (Å²) in [6.45, 7) is 8.17. The Labute approximate surface area is 130 Å². The lowest BCUT2D eigenvalue weighted by Gasteiger charge is -2.27. The summed E-state index contributed by atoms with van der Waals surface area (Å²) >= 11 is 0. The molecule has 0 spiro atoms. The fourth-order valence-corrected chi connectivity index (χ4v) is 2.75. The van der Waals surface area contributed by atoms with E-state index in [1.54, 1.807) is 17.0 Å². The molecule has 5 nitrogen and oxygen atoms in total. The van der Waals surface area contributed by atoms with Crippen LogP contribution in [0.4, 0.5) is 4.79 Å². The van der Waals surface area contributed by atoms with Crippen LogP contribution in [0.5, 0.6) is 0 Å². The van der Waals surface area contributed by atoms with Crippen molar-refractivity contribution in [2.75, 3.05) is 6.54 Å². The second kappa shape index (κ2) is 5.99. The van der Waals surface area contributed by atoms with E-state index in [1.165, 1.54) is 0 Å². The molecule has 0 bridgehead atoms. The Balaban J connectivity index is 2.07. The van der Waals surface area contributed by atoms with Crippen LogP contribution in [0, 0.1) is 0 Å². The Kier molecular flexibility index (Phi) is 4.44. The van der Waals surface area contributed by atoms with Gasteiger partial charge >= 0.3 is 12.1 Å². The van der Waals surface area contributed by atoms with Crippen LogP contribution >= 0.6 is 0 Å². The zero-order valence-corrected chi connectivity index (χ0v) is 13.5. The lowest BCUT2D eigenvalue weighted by atomic mass is 9.96. The molecular formula is C17H23NO4. The van der Waals surface area contributed by atoms with E-state index >= 15 is 0 Å². The molecule has 1 aromatic rings. The second-order valence-electron chi connectivity index (χ2n) is 6.84. The molecule has 1 aliphatic rings. The number of likely N-dealkylation sites (tertiary alicyclic amines) is 1. The first-order valence-electron chi connectivity index (χ1n) is 7.50. The summed E-state index contributed by atoms with van der Waals surface area (Å²) in [6, 6.07) is 6.99. The normalized spacial score (nSPS) is 21.7. The van der Waals surface area contributed by atoms with Gasteiger partial charge in [0.05, 0.1) is 5.56 Å². The highest BCUT2D eigenvalue weighted by molar-refractivity contribution is 5.87. The maximum atomic E-state index is 12.2. The van der Waals surface area contributed by atoms with Crippen molar-refractivity contribution in [3.63, 3.8) is 0 Å². The van der Waals surface area contributed by atoms with Crippen LogP contribution < -0.4 is 0 Å². The van der Waals surface area contributed by atoms with Gasteiger partial charge in [-0.2, -0.15) is 0 Å². The lowest BCUT2D eigenvalue weighted by Crippen LogP contribution is -2.38. The molecular weight excluding hydrogens is 282 g/mol. The number of hydrogen-bond donors (Lipinski definition) is 1. The van der Waals surface area contributed by atoms with Gasteiger partial charge in [0.1, 0.15) is 5.60 Å². The number of carbonyl (C=O) groups is 2. The zero-order valence-electron chi connectivity index (χ0n) is 13.5. The summed E-state index contributed by atoms with van der Waals surface area (Å²) in [7, 11) is 0. The van der Waals surface area contributed by atoms with E-state index in [4.69, 9.17) is 9.84 Å². The summed E-state index contributed by atoms with van der Waals surface area (Å²) in [4.78, 5) is 24.9. The SMILES string of the molecule is C[C@H]1C[C@H](c2ccc(C(=O)O)cc2)CN1C(=O)OC(C)(C)C. The molecule has 2 rings (SSSR count). The molecule has 1 heterocycles. The fraction of sp³-hybridized carbons (Fsp3) is 0.529. The first kappa shape index (κ1) is 16.3. The van der Waals surface area contributed by atoms with Crippen molar-refractivity contribution in [3.05, 3.63) is 35.4 Å². The van der Waals surface area contributed by atoms with Gasteiger partial charge < -0.3 is 14.7 Å². The summed E-state index contributed by atoms with van der Waals surface area (Å²) < 4.78 is 5.44. The predicted molar refractivity (Wildman–Crippen MR) is 83.2 cm³/mol. The number of hydrogen-bond acceptors (Lipinski definition) is 3. The number of carbonyl (C=O) groups excluding carboxylic acids is 1. The van der Waals surface area contributed by atoms with Crippen LogP contribution in [-0.4, -0.2) is 40.3 Å². The van der Waals surface area contributed by atoms with Gasteiger partial charge in [0.25, 0.3) is 0 Å². The van der Waals surface area contributed by atoms with Gasteiger partial charge in [-0.25, -0.2) is 9.59 Å². The number of rotatable bonds is 2. The van der Waals surface area contributed by atoms with Gasteiger partial charge in [0.15, 0.2) is 0 Å². The smallest absolute Gasteiger partial charge is 0.410 e. The third-order valence-electron chi connectivity index (χ3n) is 3.83. The van der Waals surface area contributed by atoms with Gasteiger partial charge in [-0.15, -0.1) is 0 Å². The minimum Gasteiger partial charge on any atom is -0.478 e. The Bertz CT molecular complexity index is 559. The van der Waals surface area contributed by atoms with Gasteiger partial charge in [-0.1, -0.05) is 12.1 Å². The van der Waals surface area contributed by atoms with Crippen LogP contribution in [0.15, 0.2) is 24.3 Å². The Hall–Kier alpha value is -2.04. The minimum absolute atomic E-state index is 0.110. The third-order valence-corrected chi connectivity index (χ3v) is 3.83. The van der Waals surface area contributed by atoms with Gasteiger partial charge in [-0.05, 0) is 51.8 Å². The molecule has 22 heavy (non-hydrogen) atoms. The third kappa shape index (κ3) is 3.78. The molecule has 2 atom stereocenters. The van der Waals surface area contributed by atoms with E-state index in [-0.39, 0.29) is 23.6 Å². The molecule has 0 saturated carbocycles. The van der Waals surface area contributed by atoms with Gasteiger partial charge in [0.2, 0.25) is 0 Å². The number of amides is 1. The average Bonchev–Trinajstić information content (AvgIpc) is 2.79. The highest BCUT2D eigenvalue weighted by atomic mass is 16.6. The van der Waals surface area contributed by atoms with E-state index in [1.807, 2.05) is 39.8 Å². The van der Waals surface area contributed by atoms with Crippen LogP contribution in [-0.2, 0) is 4.74 Å². The molecule has 1 saturated heterocycles. The van der Waals surface area contributed by atoms with Crippen LogP contribution in [0.1, 0.15) is 56.0 Å². The van der Waals surface area contributed by atoms with Gasteiger partial charge in [0, 0.05) is 18.5 Å². The minimum atomic E-state index is -0.929. The Morgan fingerprint density at radius 2 is 1.82 bits per heavy atom. The summed E-state index contributed by atoms with van der Waals surface area (Å²) in [6.07, 6.45) is 0.565. The van der Waals surface area contributed by atoms with Crippen molar-refractivity contribution >= 4 is 12.1 Å². The molecule has 1 fully saturated rings. The predicted octanol–water partition coefficient (Wildman–Crippen LogP) is 3.50. The van der Waals surface area contributed by atoms with Crippen molar-refractivity contribution in [2.45, 2.75) is 51.7 Å². The summed E-state index contributed by atoms with van der Waals surface area (Å²) in [5.74, 6) is -0.716. The number of nitrogens with zero attached hydrogens (tertiary/aromatic N) is 1. The quantitative estimate of drug-likeness (QED) is 0.908. The monoisotopic (exact) mass is 305 g/mol. The highest BCUT2D eigenvalue weighted by Crippen LogP contribution is 2.32. The van der Waals surface area contributed by atoms with Crippen molar-refractivity contribution in [3.8, 4) is 0 Å². The van der Waals surface area contributed by atoms with E-state index in [0.29, 0.717) is 6.54 Å². The van der Waals surface area contributed by atoms with Crippen molar-refractivity contribution in [1.29, 1.82) is 0 Å². The molecule has 0 unspecified atom stereocenters. The fourth-order valence-electron chi connectivity index (χ4n) is 2.75. The van der Waals surface area contributed by atoms with Crippen LogP contribution in [0.25, 0.3) is 0 Å². The molecule has 0 radical (unpaired) electrons. The molecule has 0 aromatic heterocycles. The highest BCUT2D eigenvalue weighted by Gasteiger charge is 2.35. The molecule has 120 valence electrons. The van der Waals surface area contributed by atoms with Crippen molar-refractivity contribution in [2.24, 2.45) is 0 Å². The molecule has 0 aliphatic carbocycles. The Morgan fingerprint density at radius 3 is 2.32 bits per heavy atom. The molecule has 1 amide bonds. The molecule has 5 heteroatoms. The van der Waals surface area contributed by atoms with E-state index < -0.39 is 11.6 Å². The Morgan fingerprint density at radius 1 is 1.23 bits per heavy atom. The van der Waals surface area contributed by atoms with Crippen molar-refractivity contribution < 1.29 is 19.4 Å². The summed E-state index contributed by atoms with van der Waals surface area (Å²) in [5.41, 5.74) is 0.833. The van der Waals surface area contributed by atoms with E-state index in [0.717, 1.165) is 12.0 Å². The molecule has 1 aliphatic heterocycles. The average molecular weight is 305 g/mol. The van der Waals surface area contributed by atoms with E-state index in [9.17, 15) is 9.59 Å². The standard InChI is InChI=1S/C17H23NO4/c1-11-9-14(10-18(11)16(21)22-17(2,3)4)12-5-7-13(8-6-12)15(19)20/h5-8,11,14H,9-10H2,1-4H3,(H,19,20)/t11-,14-/m0/s1. The maximum absolute atomic E-state index is 12.2. The van der Waals surface area contributed by atoms with Crippen molar-refractivity contribution in [1.82, 2.24) is 4.90 Å². The topological polar surface area (TPSA) is 66.8 Å². The number of aromatic carboxylic acids is 1. The maximum Gasteiger partial charge on any atom is 0.410 e.